The van der Waals surface area contributed by atoms with Gasteiger partial charge in [0.25, 0.3) is 0 Å². The number of carbonyl (C=O) groups is 2. The van der Waals surface area contributed by atoms with E-state index in [1.165, 1.54) is 4.90 Å². The van der Waals surface area contributed by atoms with E-state index in [0.717, 1.165) is 42.5 Å². The lowest BCUT2D eigenvalue weighted by molar-refractivity contribution is -0.126. The SMILES string of the molecule is NC(=O)N1CCC[C@H](C(=O)NCCCc2nc3ccc(Cl)cc3[nH]2)C1. The van der Waals surface area contributed by atoms with Crippen molar-refractivity contribution >= 4 is 34.6 Å². The number of hydrogen-bond acceptors (Lipinski definition) is 3. The number of aryl methyl sites for hydroxylation is 1. The van der Waals surface area contributed by atoms with Gasteiger partial charge in [-0.25, -0.2) is 9.78 Å². The van der Waals surface area contributed by atoms with Crippen molar-refractivity contribution in [2.24, 2.45) is 11.7 Å². The molecule has 0 saturated carbocycles. The van der Waals surface area contributed by atoms with E-state index in [1.54, 1.807) is 0 Å². The lowest BCUT2D eigenvalue weighted by Crippen LogP contribution is -2.47. The number of halogens is 1. The quantitative estimate of drug-likeness (QED) is 0.708. The number of carbonyl (C=O) groups excluding carboxylic acids is 2. The molecule has 1 aromatic carbocycles. The summed E-state index contributed by atoms with van der Waals surface area (Å²) in [5.74, 6) is 0.695. The number of urea groups is 1. The van der Waals surface area contributed by atoms with Crippen LogP contribution in [0.2, 0.25) is 5.02 Å². The second kappa shape index (κ2) is 7.74. The number of nitrogens with zero attached hydrogens (tertiary/aromatic N) is 2. The van der Waals surface area contributed by atoms with Crippen molar-refractivity contribution in [1.29, 1.82) is 0 Å². The summed E-state index contributed by atoms with van der Waals surface area (Å²) in [6.45, 7) is 1.62. The van der Waals surface area contributed by atoms with Gasteiger partial charge in [0.1, 0.15) is 5.82 Å². The summed E-state index contributed by atoms with van der Waals surface area (Å²) < 4.78 is 0. The molecule has 1 aromatic heterocycles. The Labute approximate surface area is 150 Å². The van der Waals surface area contributed by atoms with E-state index in [9.17, 15) is 9.59 Å². The molecular weight excluding hydrogens is 342 g/mol. The van der Waals surface area contributed by atoms with E-state index >= 15 is 0 Å². The number of amides is 3. The fraction of sp³-hybridized carbons (Fsp3) is 0.471. The Bertz CT molecular complexity index is 775. The van der Waals surface area contributed by atoms with Crippen LogP contribution in [0.1, 0.15) is 25.1 Å². The minimum atomic E-state index is -0.456. The topological polar surface area (TPSA) is 104 Å². The molecule has 134 valence electrons. The van der Waals surface area contributed by atoms with Gasteiger partial charge < -0.3 is 20.9 Å². The van der Waals surface area contributed by atoms with Gasteiger partial charge in [-0.05, 0) is 37.5 Å². The number of primary amides is 1. The van der Waals surface area contributed by atoms with Gasteiger partial charge in [-0.1, -0.05) is 11.6 Å². The van der Waals surface area contributed by atoms with Crippen molar-refractivity contribution in [3.05, 3.63) is 29.0 Å². The molecule has 1 aliphatic rings. The Hall–Kier alpha value is -2.28. The molecule has 8 heteroatoms. The Balaban J connectivity index is 1.44. The lowest BCUT2D eigenvalue weighted by atomic mass is 9.97. The maximum Gasteiger partial charge on any atom is 0.314 e. The Morgan fingerprint density at radius 2 is 2.28 bits per heavy atom. The first-order valence-electron chi connectivity index (χ1n) is 8.49. The zero-order valence-corrected chi connectivity index (χ0v) is 14.7. The van der Waals surface area contributed by atoms with Crippen LogP contribution < -0.4 is 11.1 Å². The molecule has 2 heterocycles. The van der Waals surface area contributed by atoms with Crippen LogP contribution in [0.25, 0.3) is 11.0 Å². The van der Waals surface area contributed by atoms with E-state index in [-0.39, 0.29) is 11.8 Å². The third kappa shape index (κ3) is 4.42. The predicted octanol–water partition coefficient (Wildman–Crippen LogP) is 2.06. The molecule has 1 fully saturated rings. The Kier molecular flexibility index (Phi) is 5.43. The van der Waals surface area contributed by atoms with Crippen LogP contribution in [0.4, 0.5) is 4.79 Å². The fourth-order valence-corrected chi connectivity index (χ4v) is 3.33. The number of hydrogen-bond donors (Lipinski definition) is 3. The number of nitrogens with one attached hydrogen (secondary N) is 2. The fourth-order valence-electron chi connectivity index (χ4n) is 3.16. The summed E-state index contributed by atoms with van der Waals surface area (Å²) in [5.41, 5.74) is 7.10. The van der Waals surface area contributed by atoms with Crippen LogP contribution in [0.5, 0.6) is 0 Å². The highest BCUT2D eigenvalue weighted by molar-refractivity contribution is 6.31. The molecular formula is C17H22ClN5O2. The van der Waals surface area contributed by atoms with Crippen LogP contribution in [-0.4, -0.2) is 46.4 Å². The van der Waals surface area contributed by atoms with Crippen LogP contribution >= 0.6 is 11.6 Å². The first-order chi connectivity index (χ1) is 12.0. The smallest absolute Gasteiger partial charge is 0.314 e. The molecule has 1 atom stereocenters. The van der Waals surface area contributed by atoms with E-state index in [1.807, 2.05) is 18.2 Å². The van der Waals surface area contributed by atoms with Gasteiger partial charge in [-0.2, -0.15) is 0 Å². The number of rotatable bonds is 5. The molecule has 0 bridgehead atoms. The predicted molar refractivity (Wildman–Crippen MR) is 96.3 cm³/mol. The highest BCUT2D eigenvalue weighted by atomic mass is 35.5. The van der Waals surface area contributed by atoms with E-state index in [0.29, 0.717) is 24.7 Å². The average molecular weight is 364 g/mol. The van der Waals surface area contributed by atoms with E-state index in [2.05, 4.69) is 15.3 Å². The summed E-state index contributed by atoms with van der Waals surface area (Å²) in [4.78, 5) is 32.7. The third-order valence-corrected chi connectivity index (χ3v) is 4.72. The third-order valence-electron chi connectivity index (χ3n) is 4.49. The van der Waals surface area contributed by atoms with Gasteiger partial charge in [0.05, 0.1) is 17.0 Å². The van der Waals surface area contributed by atoms with Crippen molar-refractivity contribution < 1.29 is 9.59 Å². The number of fused-ring (bicyclic) bond motifs is 1. The number of imidazole rings is 1. The number of aromatic nitrogens is 2. The van der Waals surface area contributed by atoms with Gasteiger partial charge in [-0.15, -0.1) is 0 Å². The normalized spacial score (nSPS) is 17.6. The maximum absolute atomic E-state index is 12.2. The number of H-pyrrole nitrogens is 1. The van der Waals surface area contributed by atoms with Crippen molar-refractivity contribution in [2.75, 3.05) is 19.6 Å². The first kappa shape index (κ1) is 17.5. The van der Waals surface area contributed by atoms with Gasteiger partial charge in [0, 0.05) is 31.1 Å². The van der Waals surface area contributed by atoms with Gasteiger partial charge >= 0.3 is 6.03 Å². The van der Waals surface area contributed by atoms with Crippen molar-refractivity contribution in [2.45, 2.75) is 25.7 Å². The summed E-state index contributed by atoms with van der Waals surface area (Å²) >= 11 is 5.97. The number of piperidine rings is 1. The van der Waals surface area contributed by atoms with Crippen LogP contribution in [0.15, 0.2) is 18.2 Å². The molecule has 0 unspecified atom stereocenters. The molecule has 4 N–H and O–H groups in total. The van der Waals surface area contributed by atoms with Crippen LogP contribution in [-0.2, 0) is 11.2 Å². The molecule has 0 radical (unpaired) electrons. The Morgan fingerprint density at radius 1 is 1.44 bits per heavy atom. The Morgan fingerprint density at radius 3 is 3.08 bits per heavy atom. The van der Waals surface area contributed by atoms with Crippen molar-refractivity contribution in [3.63, 3.8) is 0 Å². The van der Waals surface area contributed by atoms with E-state index < -0.39 is 6.03 Å². The zero-order chi connectivity index (χ0) is 17.8. The minimum Gasteiger partial charge on any atom is -0.356 e. The molecule has 1 aliphatic heterocycles. The molecule has 0 aliphatic carbocycles. The van der Waals surface area contributed by atoms with Crippen LogP contribution in [0, 0.1) is 5.92 Å². The second-order valence-corrected chi connectivity index (χ2v) is 6.80. The largest absolute Gasteiger partial charge is 0.356 e. The standard InChI is InChI=1S/C17H22ClN5O2/c18-12-5-6-13-14(9-12)22-15(21-13)4-1-7-20-16(24)11-3-2-8-23(10-11)17(19)25/h5-6,9,11H,1-4,7-8,10H2,(H2,19,25)(H,20,24)(H,21,22)/t11-/m0/s1. The van der Waals surface area contributed by atoms with Gasteiger partial charge in [0.15, 0.2) is 0 Å². The average Bonchev–Trinajstić information content (AvgIpc) is 3.00. The summed E-state index contributed by atoms with van der Waals surface area (Å²) in [6.07, 6.45) is 3.12. The van der Waals surface area contributed by atoms with E-state index in [4.69, 9.17) is 17.3 Å². The van der Waals surface area contributed by atoms with Crippen molar-refractivity contribution in [1.82, 2.24) is 20.2 Å². The highest BCUT2D eigenvalue weighted by Crippen LogP contribution is 2.18. The van der Waals surface area contributed by atoms with Gasteiger partial charge in [0.2, 0.25) is 5.91 Å². The molecule has 3 rings (SSSR count). The zero-order valence-electron chi connectivity index (χ0n) is 13.9. The summed E-state index contributed by atoms with van der Waals surface area (Å²) in [7, 11) is 0. The number of likely N-dealkylation sites (tertiary alicyclic amines) is 1. The molecule has 3 amide bonds. The summed E-state index contributed by atoms with van der Waals surface area (Å²) in [5, 5.41) is 3.62. The molecule has 7 nitrogen and oxygen atoms in total. The summed E-state index contributed by atoms with van der Waals surface area (Å²) in [6, 6.07) is 5.09. The first-order valence-corrected chi connectivity index (χ1v) is 8.87. The van der Waals surface area contributed by atoms with Crippen molar-refractivity contribution in [3.8, 4) is 0 Å². The maximum atomic E-state index is 12.2. The van der Waals surface area contributed by atoms with Crippen LogP contribution in [0.3, 0.4) is 0 Å². The number of benzene rings is 1. The lowest BCUT2D eigenvalue weighted by Gasteiger charge is -2.30. The monoisotopic (exact) mass is 363 g/mol. The molecule has 0 spiro atoms. The molecule has 2 aromatic rings. The second-order valence-electron chi connectivity index (χ2n) is 6.36. The minimum absolute atomic E-state index is 0.0117. The number of nitrogens with two attached hydrogens (primary N) is 1. The molecule has 25 heavy (non-hydrogen) atoms. The highest BCUT2D eigenvalue weighted by Gasteiger charge is 2.27. The van der Waals surface area contributed by atoms with Gasteiger partial charge in [-0.3, -0.25) is 4.79 Å². The number of aromatic amines is 1. The molecule has 1 saturated heterocycles.